The minimum absolute atomic E-state index is 0.0865. The molecule has 0 fully saturated rings. The standard InChI is InChI=1S/C4H7F3N4/c1-8-9-2-3-10-11-4(5,6)7/h2-3H2,1H3. The maximum absolute atomic E-state index is 11.3. The molecule has 0 unspecified atom stereocenters. The molecule has 0 amide bonds. The second-order valence-electron chi connectivity index (χ2n) is 1.50. The van der Waals surface area contributed by atoms with Crippen molar-refractivity contribution >= 4 is 0 Å². The van der Waals surface area contributed by atoms with Crippen LogP contribution in [-0.4, -0.2) is 26.4 Å². The second kappa shape index (κ2) is 4.75. The molecule has 0 aromatic heterocycles. The predicted molar refractivity (Wildman–Crippen MR) is 31.4 cm³/mol. The monoisotopic (exact) mass is 168 g/mol. The van der Waals surface area contributed by atoms with E-state index in [4.69, 9.17) is 0 Å². The van der Waals surface area contributed by atoms with Gasteiger partial charge in [0.25, 0.3) is 0 Å². The van der Waals surface area contributed by atoms with Gasteiger partial charge in [-0.25, -0.2) is 0 Å². The summed E-state index contributed by atoms with van der Waals surface area (Å²) in [5.41, 5.74) is 0. The summed E-state index contributed by atoms with van der Waals surface area (Å²) in [6, 6.07) is 0. The highest BCUT2D eigenvalue weighted by atomic mass is 19.4. The Kier molecular flexibility index (Phi) is 4.32. The van der Waals surface area contributed by atoms with E-state index in [1.54, 1.807) is 0 Å². The topological polar surface area (TPSA) is 49.4 Å². The van der Waals surface area contributed by atoms with Crippen molar-refractivity contribution in [1.82, 2.24) is 0 Å². The molecule has 0 radical (unpaired) electrons. The summed E-state index contributed by atoms with van der Waals surface area (Å²) in [5.74, 6) is 0. The van der Waals surface area contributed by atoms with Crippen LogP contribution in [0.5, 0.6) is 0 Å². The average Bonchev–Trinajstić information content (AvgIpc) is 1.85. The quantitative estimate of drug-likeness (QED) is 0.351. The Balaban J connectivity index is 3.45. The molecule has 64 valence electrons. The third kappa shape index (κ3) is 8.99. The van der Waals surface area contributed by atoms with Gasteiger partial charge in [0, 0.05) is 7.05 Å². The van der Waals surface area contributed by atoms with Crippen LogP contribution in [0.15, 0.2) is 20.5 Å². The van der Waals surface area contributed by atoms with Crippen molar-refractivity contribution in [1.29, 1.82) is 0 Å². The Morgan fingerprint density at radius 3 is 2.09 bits per heavy atom. The van der Waals surface area contributed by atoms with Crippen LogP contribution in [0, 0.1) is 0 Å². The normalized spacial score (nSPS) is 13.5. The summed E-state index contributed by atoms with van der Waals surface area (Å²) in [7, 11) is 1.43. The molecule has 0 saturated carbocycles. The first-order chi connectivity index (χ1) is 5.06. The summed E-state index contributed by atoms with van der Waals surface area (Å²) in [6.45, 7) is 0.0485. The molecule has 0 aliphatic carbocycles. The van der Waals surface area contributed by atoms with Crippen LogP contribution in [0.2, 0.25) is 0 Å². The fourth-order valence-corrected chi connectivity index (χ4v) is 0.320. The number of nitrogens with zero attached hydrogens (tertiary/aromatic N) is 4. The van der Waals surface area contributed by atoms with Crippen molar-refractivity contribution in [2.24, 2.45) is 20.5 Å². The first-order valence-electron chi connectivity index (χ1n) is 2.77. The Bertz CT molecular complexity index is 150. The van der Waals surface area contributed by atoms with E-state index in [9.17, 15) is 13.2 Å². The molecule has 0 saturated heterocycles. The summed E-state index contributed by atoms with van der Waals surface area (Å²) < 4.78 is 33.8. The summed E-state index contributed by atoms with van der Waals surface area (Å²) in [6.07, 6.45) is -4.57. The Morgan fingerprint density at radius 2 is 1.64 bits per heavy atom. The molecule has 0 aromatic carbocycles. The number of azo groups is 2. The molecule has 0 heterocycles. The summed E-state index contributed by atoms with van der Waals surface area (Å²) >= 11 is 0. The van der Waals surface area contributed by atoms with Gasteiger partial charge in [-0.2, -0.15) is 15.3 Å². The van der Waals surface area contributed by atoms with Gasteiger partial charge in [0.05, 0.1) is 13.1 Å². The molecule has 0 N–H and O–H groups in total. The number of halogens is 3. The lowest BCUT2D eigenvalue weighted by Gasteiger charge is -1.93. The van der Waals surface area contributed by atoms with Crippen molar-refractivity contribution < 1.29 is 13.2 Å². The molecular weight excluding hydrogens is 161 g/mol. The van der Waals surface area contributed by atoms with Crippen LogP contribution < -0.4 is 0 Å². The zero-order valence-electron chi connectivity index (χ0n) is 5.84. The molecule has 11 heavy (non-hydrogen) atoms. The number of rotatable bonds is 3. The van der Waals surface area contributed by atoms with Gasteiger partial charge < -0.3 is 0 Å². The van der Waals surface area contributed by atoms with Gasteiger partial charge in [0.1, 0.15) is 0 Å². The lowest BCUT2D eigenvalue weighted by atomic mass is 10.7. The van der Waals surface area contributed by atoms with Crippen LogP contribution in [0.25, 0.3) is 0 Å². The lowest BCUT2D eigenvalue weighted by molar-refractivity contribution is -0.126. The van der Waals surface area contributed by atoms with Gasteiger partial charge >= 0.3 is 6.30 Å². The lowest BCUT2D eigenvalue weighted by Crippen LogP contribution is -2.00. The fraction of sp³-hybridized carbons (Fsp3) is 1.00. The fourth-order valence-electron chi connectivity index (χ4n) is 0.320. The van der Waals surface area contributed by atoms with E-state index in [1.165, 1.54) is 7.05 Å². The molecular formula is C4H7F3N4. The highest BCUT2D eigenvalue weighted by Gasteiger charge is 2.26. The number of hydrogen-bond donors (Lipinski definition) is 0. The smallest absolute Gasteiger partial charge is 0.198 e. The molecule has 0 aromatic rings. The molecule has 4 nitrogen and oxygen atoms in total. The Labute approximate surface area is 61.2 Å². The van der Waals surface area contributed by atoms with Crippen molar-refractivity contribution in [3.8, 4) is 0 Å². The maximum Gasteiger partial charge on any atom is 0.520 e. The minimum atomic E-state index is -4.57. The third-order valence-corrected chi connectivity index (χ3v) is 0.626. The molecule has 0 bridgehead atoms. The second-order valence-corrected chi connectivity index (χ2v) is 1.50. The minimum Gasteiger partial charge on any atom is -0.198 e. The highest BCUT2D eigenvalue weighted by Crippen LogP contribution is 2.15. The van der Waals surface area contributed by atoms with Gasteiger partial charge in [0.2, 0.25) is 0 Å². The van der Waals surface area contributed by atoms with Gasteiger partial charge in [-0.15, -0.1) is 13.2 Å². The van der Waals surface area contributed by atoms with Crippen molar-refractivity contribution in [3.63, 3.8) is 0 Å². The molecule has 0 atom stereocenters. The van der Waals surface area contributed by atoms with Crippen molar-refractivity contribution in [2.75, 3.05) is 20.1 Å². The van der Waals surface area contributed by atoms with E-state index < -0.39 is 6.30 Å². The molecule has 0 aliphatic rings. The van der Waals surface area contributed by atoms with E-state index in [0.29, 0.717) is 0 Å². The molecule has 0 aliphatic heterocycles. The number of hydrogen-bond acceptors (Lipinski definition) is 4. The van der Waals surface area contributed by atoms with E-state index in [0.717, 1.165) is 0 Å². The van der Waals surface area contributed by atoms with Gasteiger partial charge in [0.15, 0.2) is 0 Å². The van der Waals surface area contributed by atoms with Crippen LogP contribution in [0.4, 0.5) is 13.2 Å². The van der Waals surface area contributed by atoms with Crippen molar-refractivity contribution in [2.45, 2.75) is 6.30 Å². The predicted octanol–water partition coefficient (Wildman–Crippen LogP) is 2.04. The summed E-state index contributed by atoms with van der Waals surface area (Å²) in [5, 5.41) is 11.6. The largest absolute Gasteiger partial charge is 0.520 e. The van der Waals surface area contributed by atoms with Crippen LogP contribution in [0.1, 0.15) is 0 Å². The Morgan fingerprint density at radius 1 is 1.09 bits per heavy atom. The molecule has 0 rings (SSSR count). The Hall–Kier alpha value is -1.01. The zero-order chi connectivity index (χ0) is 8.74. The van der Waals surface area contributed by atoms with E-state index >= 15 is 0 Å². The van der Waals surface area contributed by atoms with E-state index in [2.05, 4.69) is 20.5 Å². The van der Waals surface area contributed by atoms with Gasteiger partial charge in [-0.3, -0.25) is 0 Å². The molecule has 0 spiro atoms. The van der Waals surface area contributed by atoms with Gasteiger partial charge in [-0.05, 0) is 0 Å². The average molecular weight is 168 g/mol. The van der Waals surface area contributed by atoms with Crippen molar-refractivity contribution in [3.05, 3.63) is 0 Å². The maximum atomic E-state index is 11.3. The number of alkyl halides is 3. The van der Waals surface area contributed by atoms with E-state index in [1.807, 2.05) is 0 Å². The zero-order valence-corrected chi connectivity index (χ0v) is 5.84. The summed E-state index contributed by atoms with van der Waals surface area (Å²) in [4.78, 5) is 0. The highest BCUT2D eigenvalue weighted by molar-refractivity contribution is 4.44. The van der Waals surface area contributed by atoms with Crippen LogP contribution in [-0.2, 0) is 0 Å². The SMILES string of the molecule is CN=NCCN=NC(F)(F)F. The van der Waals surface area contributed by atoms with Crippen LogP contribution in [0.3, 0.4) is 0 Å². The first-order valence-corrected chi connectivity index (χ1v) is 2.77. The third-order valence-electron chi connectivity index (χ3n) is 0.626. The molecule has 7 heteroatoms. The first kappa shape index (κ1) is 9.99. The van der Waals surface area contributed by atoms with Crippen LogP contribution >= 0.6 is 0 Å². The van der Waals surface area contributed by atoms with E-state index in [-0.39, 0.29) is 13.1 Å². The van der Waals surface area contributed by atoms with Gasteiger partial charge in [-0.1, -0.05) is 5.11 Å².